The molecule has 1 heterocycles. The molecule has 110 valence electrons. The molecule has 1 saturated heterocycles. The Labute approximate surface area is 115 Å². The van der Waals surface area contributed by atoms with Crippen molar-refractivity contribution in [3.05, 3.63) is 35.4 Å². The van der Waals surface area contributed by atoms with Gasteiger partial charge in [-0.1, -0.05) is 24.3 Å². The number of hydrogen-bond acceptors (Lipinski definition) is 6. The van der Waals surface area contributed by atoms with Gasteiger partial charge in [0.05, 0.1) is 6.10 Å². The van der Waals surface area contributed by atoms with Crippen LogP contribution in [-0.4, -0.2) is 61.8 Å². The minimum atomic E-state index is -1.82. The van der Waals surface area contributed by atoms with Gasteiger partial charge in [0.2, 0.25) is 0 Å². The molecule has 0 aromatic heterocycles. The van der Waals surface area contributed by atoms with Crippen molar-refractivity contribution >= 4 is 0 Å². The van der Waals surface area contributed by atoms with E-state index in [1.165, 1.54) is 0 Å². The molecule has 0 radical (unpaired) electrons. The summed E-state index contributed by atoms with van der Waals surface area (Å²) in [5.74, 6) is -0.772. The zero-order valence-electron chi connectivity index (χ0n) is 10.9. The van der Waals surface area contributed by atoms with Gasteiger partial charge in [-0.3, -0.25) is 0 Å². The molecule has 5 N–H and O–H groups in total. The van der Waals surface area contributed by atoms with Crippen LogP contribution in [0.4, 0.5) is 0 Å². The van der Waals surface area contributed by atoms with E-state index in [4.69, 9.17) is 4.74 Å². The van der Waals surface area contributed by atoms with Crippen LogP contribution in [0.1, 0.15) is 17.0 Å². The lowest BCUT2D eigenvalue weighted by atomic mass is 9.56. The molecule has 7 atom stereocenters. The van der Waals surface area contributed by atoms with E-state index in [-0.39, 0.29) is 0 Å². The van der Waals surface area contributed by atoms with Gasteiger partial charge in [0.1, 0.15) is 23.9 Å². The lowest BCUT2D eigenvalue weighted by Gasteiger charge is -2.61. The highest BCUT2D eigenvalue weighted by atomic mass is 16.6. The first-order chi connectivity index (χ1) is 9.39. The summed E-state index contributed by atoms with van der Waals surface area (Å²) >= 11 is 0. The number of ether oxygens (including phenoxy) is 1. The van der Waals surface area contributed by atoms with Crippen LogP contribution in [0.5, 0.6) is 0 Å². The molecule has 1 aromatic rings. The molecular formula is C14H18O6. The maximum absolute atomic E-state index is 10.7. The smallest absolute Gasteiger partial charge is 0.184 e. The van der Waals surface area contributed by atoms with E-state index in [9.17, 15) is 25.5 Å². The predicted octanol–water partition coefficient (Wildman–Crippen LogP) is -1.38. The number of fused-ring (bicyclic) bond motifs is 1. The molecule has 0 bridgehead atoms. The van der Waals surface area contributed by atoms with Crippen LogP contribution in [-0.2, 0) is 4.74 Å². The molecule has 2 fully saturated rings. The van der Waals surface area contributed by atoms with Gasteiger partial charge in [-0.25, -0.2) is 0 Å². The Hall–Kier alpha value is -1.02. The number of aliphatic hydroxyl groups is 5. The summed E-state index contributed by atoms with van der Waals surface area (Å²) in [6, 6.07) is 7.19. The van der Waals surface area contributed by atoms with Gasteiger partial charge >= 0.3 is 0 Å². The lowest BCUT2D eigenvalue weighted by Crippen LogP contribution is -2.80. The minimum Gasteiger partial charge on any atom is -0.390 e. The summed E-state index contributed by atoms with van der Waals surface area (Å²) < 4.78 is 5.02. The second-order valence-electron chi connectivity index (χ2n) is 5.59. The fourth-order valence-electron chi connectivity index (χ4n) is 3.35. The summed E-state index contributed by atoms with van der Waals surface area (Å²) in [6.45, 7) is 1.83. The van der Waals surface area contributed by atoms with Crippen molar-refractivity contribution in [1.29, 1.82) is 0 Å². The normalized spacial score (nSPS) is 47.5. The number of hydrogen-bond donors (Lipinski definition) is 5. The topological polar surface area (TPSA) is 110 Å². The Balaban J connectivity index is 2.01. The van der Waals surface area contributed by atoms with E-state index in [0.717, 1.165) is 5.56 Å². The zero-order valence-corrected chi connectivity index (χ0v) is 10.9. The van der Waals surface area contributed by atoms with Gasteiger partial charge in [-0.2, -0.15) is 0 Å². The van der Waals surface area contributed by atoms with Crippen molar-refractivity contribution in [2.24, 2.45) is 0 Å². The van der Waals surface area contributed by atoms with Crippen LogP contribution in [0.25, 0.3) is 0 Å². The number of aliphatic hydroxyl groups excluding tert-OH is 4. The van der Waals surface area contributed by atoms with Crippen LogP contribution >= 0.6 is 0 Å². The van der Waals surface area contributed by atoms with Crippen LogP contribution in [0.3, 0.4) is 0 Å². The molecule has 1 saturated carbocycles. The number of rotatable bonds is 1. The monoisotopic (exact) mass is 282 g/mol. The van der Waals surface area contributed by atoms with Crippen molar-refractivity contribution in [1.82, 2.24) is 0 Å². The van der Waals surface area contributed by atoms with Crippen LogP contribution < -0.4 is 0 Å². The first kappa shape index (κ1) is 13.9. The molecule has 3 unspecified atom stereocenters. The average Bonchev–Trinajstić information content (AvgIpc) is 2.43. The third-order valence-corrected chi connectivity index (χ3v) is 4.50. The zero-order chi connectivity index (χ0) is 14.7. The van der Waals surface area contributed by atoms with E-state index < -0.39 is 42.2 Å². The SMILES string of the molecule is Cc1ccccc1C1C(O)[C@H]2OC(O)[C@H](O)[C@@H](O)[C@@]12O. The Kier molecular flexibility index (Phi) is 3.13. The summed E-state index contributed by atoms with van der Waals surface area (Å²) in [7, 11) is 0. The van der Waals surface area contributed by atoms with E-state index >= 15 is 0 Å². The first-order valence-corrected chi connectivity index (χ1v) is 6.54. The van der Waals surface area contributed by atoms with E-state index in [2.05, 4.69) is 0 Å². The van der Waals surface area contributed by atoms with Crippen LogP contribution in [0.15, 0.2) is 24.3 Å². The van der Waals surface area contributed by atoms with Crippen LogP contribution in [0.2, 0.25) is 0 Å². The Morgan fingerprint density at radius 2 is 1.70 bits per heavy atom. The average molecular weight is 282 g/mol. The highest BCUT2D eigenvalue weighted by Crippen LogP contribution is 2.53. The second-order valence-corrected chi connectivity index (χ2v) is 5.59. The third kappa shape index (κ3) is 1.60. The first-order valence-electron chi connectivity index (χ1n) is 6.54. The molecule has 6 nitrogen and oxygen atoms in total. The standard InChI is InChI=1S/C14H18O6/c1-6-4-2-3-5-7(6)8-9(15)12-14(8,19)11(17)10(16)13(18)20-12/h2-5,8-13,15-19H,1H3/t8?,9?,10-,11-,12-,13?,14+/m1/s1. The molecule has 20 heavy (non-hydrogen) atoms. The molecule has 1 aliphatic heterocycles. The molecular weight excluding hydrogens is 264 g/mol. The van der Waals surface area contributed by atoms with E-state index in [0.29, 0.717) is 5.56 Å². The molecule has 1 aromatic carbocycles. The summed E-state index contributed by atoms with van der Waals surface area (Å²) in [4.78, 5) is 0. The molecule has 3 rings (SSSR count). The maximum atomic E-state index is 10.7. The second kappa shape index (κ2) is 4.49. The maximum Gasteiger partial charge on any atom is 0.184 e. The summed E-state index contributed by atoms with van der Waals surface area (Å²) in [6.07, 6.45) is -7.01. The van der Waals surface area contributed by atoms with Crippen molar-refractivity contribution < 1.29 is 30.3 Å². The van der Waals surface area contributed by atoms with Gasteiger partial charge < -0.3 is 30.3 Å². The Morgan fingerprint density at radius 3 is 2.35 bits per heavy atom. The van der Waals surface area contributed by atoms with Gasteiger partial charge in [0.25, 0.3) is 0 Å². The van der Waals surface area contributed by atoms with Gasteiger partial charge in [0, 0.05) is 5.92 Å². The van der Waals surface area contributed by atoms with Gasteiger partial charge in [-0.15, -0.1) is 0 Å². The summed E-state index contributed by atoms with van der Waals surface area (Å²) in [5.41, 5.74) is -0.272. The quantitative estimate of drug-likeness (QED) is 0.434. The molecule has 1 aliphatic carbocycles. The lowest BCUT2D eigenvalue weighted by molar-refractivity contribution is -0.380. The predicted molar refractivity (Wildman–Crippen MR) is 67.8 cm³/mol. The largest absolute Gasteiger partial charge is 0.390 e. The molecule has 0 spiro atoms. The third-order valence-electron chi connectivity index (χ3n) is 4.50. The minimum absolute atomic E-state index is 0.685. The molecule has 2 aliphatic rings. The highest BCUT2D eigenvalue weighted by molar-refractivity contribution is 5.39. The fraction of sp³-hybridized carbons (Fsp3) is 0.571. The highest BCUT2D eigenvalue weighted by Gasteiger charge is 2.71. The Morgan fingerprint density at radius 1 is 1.05 bits per heavy atom. The molecule has 0 amide bonds. The van der Waals surface area contributed by atoms with Crippen molar-refractivity contribution in [3.8, 4) is 0 Å². The summed E-state index contributed by atoms with van der Waals surface area (Å²) in [5, 5.41) is 50.1. The Bertz CT molecular complexity index is 516. The van der Waals surface area contributed by atoms with Gasteiger partial charge in [-0.05, 0) is 18.1 Å². The fourth-order valence-corrected chi connectivity index (χ4v) is 3.35. The van der Waals surface area contributed by atoms with Gasteiger partial charge in [0.15, 0.2) is 6.29 Å². The number of aryl methyl sites for hydroxylation is 1. The van der Waals surface area contributed by atoms with E-state index in [1.807, 2.05) is 19.1 Å². The van der Waals surface area contributed by atoms with Crippen molar-refractivity contribution in [3.63, 3.8) is 0 Å². The number of benzene rings is 1. The van der Waals surface area contributed by atoms with Crippen LogP contribution in [0, 0.1) is 6.92 Å². The van der Waals surface area contributed by atoms with E-state index in [1.54, 1.807) is 12.1 Å². The van der Waals surface area contributed by atoms with Crippen molar-refractivity contribution in [2.45, 2.75) is 49.1 Å². The van der Waals surface area contributed by atoms with Crippen molar-refractivity contribution in [2.75, 3.05) is 0 Å². The molecule has 6 heteroatoms.